The van der Waals surface area contributed by atoms with Crippen molar-refractivity contribution in [2.75, 3.05) is 0 Å². The Hall–Kier alpha value is -1.83. The van der Waals surface area contributed by atoms with E-state index in [1.807, 2.05) is 25.1 Å². The molecule has 1 aliphatic rings. The van der Waals surface area contributed by atoms with Crippen LogP contribution in [0.4, 0.5) is 0 Å². The lowest BCUT2D eigenvalue weighted by Crippen LogP contribution is -2.13. The normalized spacial score (nSPS) is 14.5. The fraction of sp³-hybridized carbons (Fsp3) is 0.154. The number of ketones is 1. The molecular formula is C13H13NO. The second-order valence-corrected chi connectivity index (χ2v) is 3.83. The van der Waals surface area contributed by atoms with Gasteiger partial charge < -0.3 is 5.73 Å². The number of rotatable bonds is 1. The lowest BCUT2D eigenvalue weighted by atomic mass is 9.86. The van der Waals surface area contributed by atoms with E-state index in [2.05, 4.69) is 6.58 Å². The standard InChI is InChI=1S/C13H13NO/c1-8-4-3-5-11-12(8)6-10(15)7-13(11)9(2)14/h3-5,7H,2,6,14H2,1H3. The number of carbonyl (C=O) groups excluding carboxylic acids is 1. The van der Waals surface area contributed by atoms with Gasteiger partial charge in [0.2, 0.25) is 0 Å². The van der Waals surface area contributed by atoms with E-state index in [9.17, 15) is 4.79 Å². The molecule has 76 valence electrons. The first kappa shape index (κ1) is 9.71. The van der Waals surface area contributed by atoms with Crippen molar-refractivity contribution >= 4 is 11.4 Å². The molecule has 0 saturated heterocycles. The molecule has 2 rings (SSSR count). The summed E-state index contributed by atoms with van der Waals surface area (Å²) in [6, 6.07) is 5.97. The highest BCUT2D eigenvalue weighted by atomic mass is 16.1. The van der Waals surface area contributed by atoms with Crippen LogP contribution < -0.4 is 5.73 Å². The molecule has 0 spiro atoms. The van der Waals surface area contributed by atoms with Crippen molar-refractivity contribution in [2.24, 2.45) is 5.73 Å². The molecule has 2 heteroatoms. The van der Waals surface area contributed by atoms with E-state index < -0.39 is 0 Å². The van der Waals surface area contributed by atoms with Gasteiger partial charge in [0, 0.05) is 17.7 Å². The third-order valence-electron chi connectivity index (χ3n) is 2.70. The highest BCUT2D eigenvalue weighted by molar-refractivity contribution is 6.05. The van der Waals surface area contributed by atoms with Crippen LogP contribution in [0.25, 0.3) is 5.57 Å². The molecule has 0 aliphatic heterocycles. The molecule has 1 aromatic rings. The lowest BCUT2D eigenvalue weighted by Gasteiger charge is -2.18. The maximum absolute atomic E-state index is 11.5. The van der Waals surface area contributed by atoms with Gasteiger partial charge in [-0.3, -0.25) is 4.79 Å². The maximum atomic E-state index is 11.5. The third-order valence-corrected chi connectivity index (χ3v) is 2.70. The van der Waals surface area contributed by atoms with Crippen molar-refractivity contribution in [2.45, 2.75) is 13.3 Å². The summed E-state index contributed by atoms with van der Waals surface area (Å²) in [5.41, 5.74) is 10.2. The number of nitrogens with two attached hydrogens (primary N) is 1. The lowest BCUT2D eigenvalue weighted by molar-refractivity contribution is -0.114. The summed E-state index contributed by atoms with van der Waals surface area (Å²) < 4.78 is 0. The van der Waals surface area contributed by atoms with Crippen LogP contribution in [0.1, 0.15) is 16.7 Å². The molecular weight excluding hydrogens is 186 g/mol. The van der Waals surface area contributed by atoms with Gasteiger partial charge in [-0.1, -0.05) is 24.8 Å². The Balaban J connectivity index is 2.67. The number of aryl methyl sites for hydroxylation is 1. The predicted molar refractivity (Wildman–Crippen MR) is 61.2 cm³/mol. The zero-order valence-corrected chi connectivity index (χ0v) is 8.71. The van der Waals surface area contributed by atoms with Gasteiger partial charge in [0.05, 0.1) is 0 Å². The van der Waals surface area contributed by atoms with Gasteiger partial charge in [-0.25, -0.2) is 0 Å². The van der Waals surface area contributed by atoms with Gasteiger partial charge in [0.15, 0.2) is 5.78 Å². The first-order chi connectivity index (χ1) is 7.09. The molecule has 0 fully saturated rings. The summed E-state index contributed by atoms with van der Waals surface area (Å²) in [4.78, 5) is 11.5. The molecule has 0 radical (unpaired) electrons. The van der Waals surface area contributed by atoms with Crippen molar-refractivity contribution in [3.8, 4) is 0 Å². The van der Waals surface area contributed by atoms with Crippen LogP contribution in [-0.4, -0.2) is 5.78 Å². The zero-order chi connectivity index (χ0) is 11.0. The highest BCUT2D eigenvalue weighted by Crippen LogP contribution is 2.29. The molecule has 0 amide bonds. The summed E-state index contributed by atoms with van der Waals surface area (Å²) in [6.45, 7) is 5.71. The Labute approximate surface area is 89.1 Å². The monoisotopic (exact) mass is 199 g/mol. The van der Waals surface area contributed by atoms with Crippen molar-refractivity contribution < 1.29 is 4.79 Å². The number of hydrogen-bond acceptors (Lipinski definition) is 2. The van der Waals surface area contributed by atoms with Crippen LogP contribution in [0.2, 0.25) is 0 Å². The fourth-order valence-electron chi connectivity index (χ4n) is 1.92. The number of carbonyl (C=O) groups is 1. The van der Waals surface area contributed by atoms with Crippen molar-refractivity contribution in [3.05, 3.63) is 53.2 Å². The van der Waals surface area contributed by atoms with Gasteiger partial charge in [0.25, 0.3) is 0 Å². The summed E-state index contributed by atoms with van der Waals surface area (Å²) >= 11 is 0. The second-order valence-electron chi connectivity index (χ2n) is 3.83. The van der Waals surface area contributed by atoms with Crippen molar-refractivity contribution in [1.29, 1.82) is 0 Å². The number of hydrogen-bond donors (Lipinski definition) is 1. The molecule has 1 aliphatic carbocycles. The Bertz CT molecular complexity index is 483. The van der Waals surface area contributed by atoms with E-state index >= 15 is 0 Å². The summed E-state index contributed by atoms with van der Waals surface area (Å²) in [5.74, 6) is 0.0957. The Kier molecular flexibility index (Phi) is 2.19. The fourth-order valence-corrected chi connectivity index (χ4v) is 1.92. The highest BCUT2D eigenvalue weighted by Gasteiger charge is 2.19. The third kappa shape index (κ3) is 1.59. The van der Waals surface area contributed by atoms with E-state index in [4.69, 9.17) is 5.73 Å². The summed E-state index contributed by atoms with van der Waals surface area (Å²) in [5, 5.41) is 0. The van der Waals surface area contributed by atoms with Crippen molar-refractivity contribution in [1.82, 2.24) is 0 Å². The van der Waals surface area contributed by atoms with Crippen LogP contribution in [0.5, 0.6) is 0 Å². The van der Waals surface area contributed by atoms with Gasteiger partial charge in [-0.15, -0.1) is 0 Å². The Morgan fingerprint density at radius 3 is 2.87 bits per heavy atom. The van der Waals surface area contributed by atoms with Crippen LogP contribution in [0, 0.1) is 6.92 Å². The molecule has 2 nitrogen and oxygen atoms in total. The Morgan fingerprint density at radius 2 is 2.20 bits per heavy atom. The molecule has 1 aromatic carbocycles. The molecule has 0 bridgehead atoms. The van der Waals surface area contributed by atoms with Crippen LogP contribution >= 0.6 is 0 Å². The smallest absolute Gasteiger partial charge is 0.160 e. The van der Waals surface area contributed by atoms with E-state index in [1.54, 1.807) is 6.08 Å². The van der Waals surface area contributed by atoms with E-state index in [0.717, 1.165) is 22.3 Å². The van der Waals surface area contributed by atoms with E-state index in [1.165, 1.54) is 0 Å². The van der Waals surface area contributed by atoms with Crippen molar-refractivity contribution in [3.63, 3.8) is 0 Å². The summed E-state index contributed by atoms with van der Waals surface area (Å²) in [7, 11) is 0. The average Bonchev–Trinajstić information content (AvgIpc) is 2.18. The first-order valence-electron chi connectivity index (χ1n) is 4.87. The topological polar surface area (TPSA) is 43.1 Å². The first-order valence-corrected chi connectivity index (χ1v) is 4.87. The largest absolute Gasteiger partial charge is 0.399 e. The summed E-state index contributed by atoms with van der Waals surface area (Å²) in [6.07, 6.45) is 2.06. The maximum Gasteiger partial charge on any atom is 0.160 e. The zero-order valence-electron chi connectivity index (χ0n) is 8.71. The molecule has 0 atom stereocenters. The van der Waals surface area contributed by atoms with Gasteiger partial charge in [-0.2, -0.15) is 0 Å². The molecule has 15 heavy (non-hydrogen) atoms. The van der Waals surface area contributed by atoms with Gasteiger partial charge in [0.1, 0.15) is 0 Å². The predicted octanol–water partition coefficient (Wildman–Crippen LogP) is 1.98. The van der Waals surface area contributed by atoms with Gasteiger partial charge >= 0.3 is 0 Å². The Morgan fingerprint density at radius 1 is 1.47 bits per heavy atom. The molecule has 2 N–H and O–H groups in total. The van der Waals surface area contributed by atoms with Gasteiger partial charge in [-0.05, 0) is 29.7 Å². The molecule has 0 saturated carbocycles. The van der Waals surface area contributed by atoms with E-state index in [-0.39, 0.29) is 5.78 Å². The minimum Gasteiger partial charge on any atom is -0.399 e. The van der Waals surface area contributed by atoms with Crippen LogP contribution in [0.3, 0.4) is 0 Å². The number of fused-ring (bicyclic) bond motifs is 1. The number of benzene rings is 1. The minimum absolute atomic E-state index is 0.0957. The quantitative estimate of drug-likeness (QED) is 0.751. The minimum atomic E-state index is 0.0957. The van der Waals surface area contributed by atoms with Crippen LogP contribution in [-0.2, 0) is 11.2 Å². The molecule has 0 heterocycles. The second kappa shape index (κ2) is 3.39. The van der Waals surface area contributed by atoms with Crippen LogP contribution in [0.15, 0.2) is 36.6 Å². The van der Waals surface area contributed by atoms with E-state index in [0.29, 0.717) is 12.1 Å². The SMILES string of the molecule is C=C(N)C1=CC(=O)Cc2c(C)cccc21. The average molecular weight is 199 g/mol. The molecule has 0 unspecified atom stereocenters. The molecule has 0 aromatic heterocycles. The number of allylic oxidation sites excluding steroid dienone is 2.